The number of allylic oxidation sites excluding steroid dienone is 2. The lowest BCUT2D eigenvalue weighted by atomic mass is 9.67. The Morgan fingerprint density at radius 1 is 1.24 bits per heavy atom. The van der Waals surface area contributed by atoms with Crippen LogP contribution >= 0.6 is 0 Å². The predicted octanol–water partition coefficient (Wildman–Crippen LogP) is 5.16. The van der Waals surface area contributed by atoms with E-state index in [0.29, 0.717) is 35.6 Å². The molecule has 0 saturated heterocycles. The maximum Gasteiger partial charge on any atom is 0.316 e. The van der Waals surface area contributed by atoms with Crippen LogP contribution in [0.2, 0.25) is 0 Å². The van der Waals surface area contributed by atoms with Crippen LogP contribution < -0.4 is 10.1 Å². The summed E-state index contributed by atoms with van der Waals surface area (Å²) >= 11 is 0. The highest BCUT2D eigenvalue weighted by molar-refractivity contribution is 6.00. The average Bonchev–Trinajstić information content (AvgIpc) is 3.20. The van der Waals surface area contributed by atoms with Crippen molar-refractivity contribution in [3.63, 3.8) is 0 Å². The second-order valence-corrected chi connectivity index (χ2v) is 9.36. The van der Waals surface area contributed by atoms with E-state index in [1.165, 1.54) is 6.07 Å². The average molecular weight is 472 g/mol. The van der Waals surface area contributed by atoms with E-state index in [1.54, 1.807) is 19.1 Å². The summed E-state index contributed by atoms with van der Waals surface area (Å²) in [5.74, 6) is -3.02. The van der Waals surface area contributed by atoms with Crippen LogP contribution in [0.3, 0.4) is 0 Å². The van der Waals surface area contributed by atoms with E-state index in [4.69, 9.17) is 13.9 Å². The highest BCUT2D eigenvalue weighted by Crippen LogP contribution is 2.48. The number of hydrogen-bond donors (Lipinski definition) is 1. The lowest BCUT2D eigenvalue weighted by Gasteiger charge is -2.41. The van der Waals surface area contributed by atoms with Gasteiger partial charge in [0, 0.05) is 29.5 Å². The molecule has 2 aliphatic rings. The molecule has 0 amide bonds. The molecule has 1 aromatic heterocycles. The van der Waals surface area contributed by atoms with Gasteiger partial charge in [-0.05, 0) is 43.0 Å². The van der Waals surface area contributed by atoms with E-state index in [-0.39, 0.29) is 30.2 Å². The number of halogens is 2. The Balaban J connectivity index is 1.67. The van der Waals surface area contributed by atoms with Crippen molar-refractivity contribution in [2.45, 2.75) is 46.1 Å². The lowest BCUT2D eigenvalue weighted by molar-refractivity contribution is -0.147. The summed E-state index contributed by atoms with van der Waals surface area (Å²) in [5, 5.41) is 3.18. The molecule has 6 nitrogen and oxygen atoms in total. The molecular formula is C26H27F2NO5. The first kappa shape index (κ1) is 23.7. The first-order valence-electron chi connectivity index (χ1n) is 11.1. The molecule has 2 aromatic rings. The highest BCUT2D eigenvalue weighted by Gasteiger charge is 2.48. The van der Waals surface area contributed by atoms with Gasteiger partial charge in [-0.25, -0.2) is 8.78 Å². The largest absolute Gasteiger partial charge is 0.483 e. The van der Waals surface area contributed by atoms with Gasteiger partial charge >= 0.3 is 5.97 Å². The van der Waals surface area contributed by atoms with Crippen LogP contribution in [0.15, 0.2) is 58.3 Å². The van der Waals surface area contributed by atoms with Crippen LogP contribution in [0, 0.1) is 23.0 Å². The highest BCUT2D eigenvalue weighted by atomic mass is 19.1. The monoisotopic (exact) mass is 471 g/mol. The van der Waals surface area contributed by atoms with Gasteiger partial charge in [0.1, 0.15) is 29.9 Å². The van der Waals surface area contributed by atoms with E-state index in [0.717, 1.165) is 17.8 Å². The fourth-order valence-corrected chi connectivity index (χ4v) is 4.64. The first-order chi connectivity index (χ1) is 16.1. The Morgan fingerprint density at radius 2 is 2.00 bits per heavy atom. The molecule has 1 aliphatic carbocycles. The standard InChI is InChI=1S/C26H27F2NO5/c1-5-32-25(31)22-14(2)29-18-11-26(3,4)12-19(30)23(18)24(22)21-9-7-16(34-21)13-33-20-8-6-15(27)10-17(20)28/h6-10,22,24,29H,2,5,11-13H2,1,3-4H3. The van der Waals surface area contributed by atoms with Gasteiger partial charge in [0.25, 0.3) is 0 Å². The summed E-state index contributed by atoms with van der Waals surface area (Å²) in [6, 6.07) is 6.34. The van der Waals surface area contributed by atoms with Crippen molar-refractivity contribution >= 4 is 11.8 Å². The molecule has 4 rings (SSSR count). The van der Waals surface area contributed by atoms with E-state index < -0.39 is 29.4 Å². The molecule has 8 heteroatoms. The quantitative estimate of drug-likeness (QED) is 0.587. The number of carbonyl (C=O) groups is 2. The van der Waals surface area contributed by atoms with Crippen LogP contribution in [0.5, 0.6) is 5.75 Å². The van der Waals surface area contributed by atoms with E-state index in [9.17, 15) is 18.4 Å². The van der Waals surface area contributed by atoms with Crippen LogP contribution in [0.4, 0.5) is 8.78 Å². The zero-order chi connectivity index (χ0) is 24.6. The number of esters is 1. The zero-order valence-corrected chi connectivity index (χ0v) is 19.4. The number of carbonyl (C=O) groups excluding carboxylic acids is 2. The second kappa shape index (κ2) is 9.08. The van der Waals surface area contributed by atoms with Crippen LogP contribution in [-0.2, 0) is 20.9 Å². The van der Waals surface area contributed by atoms with E-state index in [1.807, 2.05) is 13.8 Å². The molecule has 2 atom stereocenters. The maximum atomic E-state index is 13.9. The summed E-state index contributed by atoms with van der Waals surface area (Å²) < 4.78 is 43.7. The van der Waals surface area contributed by atoms with Crippen LogP contribution in [-0.4, -0.2) is 18.4 Å². The van der Waals surface area contributed by atoms with Crippen molar-refractivity contribution in [3.8, 4) is 5.75 Å². The number of benzene rings is 1. The summed E-state index contributed by atoms with van der Waals surface area (Å²) in [6.07, 6.45) is 0.964. The van der Waals surface area contributed by atoms with Gasteiger partial charge < -0.3 is 19.2 Å². The van der Waals surface area contributed by atoms with Gasteiger partial charge in [-0.1, -0.05) is 20.4 Å². The van der Waals surface area contributed by atoms with Crippen molar-refractivity contribution < 1.29 is 32.3 Å². The number of ether oxygens (including phenoxy) is 2. The number of hydrogen-bond acceptors (Lipinski definition) is 6. The van der Waals surface area contributed by atoms with Gasteiger partial charge in [0.15, 0.2) is 17.3 Å². The Bertz CT molecular complexity index is 1180. The SMILES string of the molecule is C=C1NC2=C(C(=O)CC(C)(C)C2)C(c2ccc(COc3ccc(F)cc3F)o2)C1C(=O)OCC. The normalized spacial score (nSPS) is 21.7. The predicted molar refractivity (Wildman–Crippen MR) is 120 cm³/mol. The number of nitrogens with one attached hydrogen (secondary N) is 1. The summed E-state index contributed by atoms with van der Waals surface area (Å²) in [7, 11) is 0. The lowest BCUT2D eigenvalue weighted by Crippen LogP contribution is -2.43. The van der Waals surface area contributed by atoms with Crippen LogP contribution in [0.25, 0.3) is 0 Å². The number of ketones is 1. The molecule has 0 fully saturated rings. The fourth-order valence-electron chi connectivity index (χ4n) is 4.64. The molecule has 0 radical (unpaired) electrons. The third-order valence-electron chi connectivity index (χ3n) is 6.04. The molecule has 0 bridgehead atoms. The van der Waals surface area contributed by atoms with Gasteiger partial charge in [-0.2, -0.15) is 0 Å². The smallest absolute Gasteiger partial charge is 0.316 e. The summed E-state index contributed by atoms with van der Waals surface area (Å²) in [5.41, 5.74) is 1.44. The molecule has 34 heavy (non-hydrogen) atoms. The van der Waals surface area contributed by atoms with Crippen molar-refractivity contribution in [2.24, 2.45) is 11.3 Å². The second-order valence-electron chi connectivity index (χ2n) is 9.36. The molecule has 0 spiro atoms. The Labute approximate surface area is 196 Å². The summed E-state index contributed by atoms with van der Waals surface area (Å²) in [6.45, 7) is 9.85. The molecule has 2 unspecified atom stereocenters. The van der Waals surface area contributed by atoms with Gasteiger partial charge in [-0.3, -0.25) is 9.59 Å². The minimum atomic E-state index is -0.849. The Hall–Kier alpha value is -3.42. The van der Waals surface area contributed by atoms with Crippen molar-refractivity contribution in [3.05, 3.63) is 77.0 Å². The minimum absolute atomic E-state index is 0.0619. The number of furan rings is 1. The van der Waals surface area contributed by atoms with Gasteiger partial charge in [-0.15, -0.1) is 0 Å². The molecule has 1 aliphatic heterocycles. The molecular weight excluding hydrogens is 444 g/mol. The third kappa shape index (κ3) is 4.62. The van der Waals surface area contributed by atoms with Gasteiger partial charge in [0.05, 0.1) is 12.5 Å². The topological polar surface area (TPSA) is 77.8 Å². The molecule has 0 saturated carbocycles. The Kier molecular flexibility index (Phi) is 6.34. The zero-order valence-electron chi connectivity index (χ0n) is 19.4. The van der Waals surface area contributed by atoms with Gasteiger partial charge in [0.2, 0.25) is 0 Å². The Morgan fingerprint density at radius 3 is 2.71 bits per heavy atom. The number of rotatable bonds is 6. The molecule has 1 N–H and O–H groups in total. The van der Waals surface area contributed by atoms with E-state index >= 15 is 0 Å². The molecule has 1 aromatic carbocycles. The third-order valence-corrected chi connectivity index (χ3v) is 6.04. The number of Topliss-reactive ketones (excluding diaryl/α,β-unsaturated/α-hetero) is 1. The molecule has 180 valence electrons. The van der Waals surface area contributed by atoms with Crippen molar-refractivity contribution in [2.75, 3.05) is 6.61 Å². The summed E-state index contributed by atoms with van der Waals surface area (Å²) in [4.78, 5) is 26.1. The first-order valence-corrected chi connectivity index (χ1v) is 11.1. The fraction of sp³-hybridized carbons (Fsp3) is 0.385. The van der Waals surface area contributed by atoms with Crippen molar-refractivity contribution in [1.29, 1.82) is 0 Å². The minimum Gasteiger partial charge on any atom is -0.483 e. The van der Waals surface area contributed by atoms with Crippen LogP contribution in [0.1, 0.15) is 51.1 Å². The van der Waals surface area contributed by atoms with E-state index in [2.05, 4.69) is 11.9 Å². The van der Waals surface area contributed by atoms with Crippen molar-refractivity contribution in [1.82, 2.24) is 5.32 Å². The maximum absolute atomic E-state index is 13.9. The molecule has 2 heterocycles.